The minimum Gasteiger partial charge on any atom is -0.491 e. The number of aryl methyl sites for hydroxylation is 1. The molecule has 0 saturated heterocycles. The first-order chi connectivity index (χ1) is 10.7. The van der Waals surface area contributed by atoms with Crippen molar-refractivity contribution in [2.24, 2.45) is 0 Å². The molecule has 126 valence electrons. The molecule has 6 heteroatoms. The van der Waals surface area contributed by atoms with Crippen LogP contribution < -0.4 is 4.74 Å². The van der Waals surface area contributed by atoms with Crippen LogP contribution in [0.4, 0.5) is 4.79 Å². The fourth-order valence-electron chi connectivity index (χ4n) is 2.37. The van der Waals surface area contributed by atoms with Crippen LogP contribution in [0, 0.1) is 6.92 Å². The third kappa shape index (κ3) is 4.15. The maximum Gasteiger partial charge on any atom is 0.410 e. The molecule has 23 heavy (non-hydrogen) atoms. The summed E-state index contributed by atoms with van der Waals surface area (Å²) in [6.07, 6.45) is -0.370. The Labute approximate surface area is 136 Å². The van der Waals surface area contributed by atoms with Crippen molar-refractivity contribution in [2.75, 3.05) is 20.3 Å². The van der Waals surface area contributed by atoms with Crippen molar-refractivity contribution in [3.8, 4) is 5.75 Å². The van der Waals surface area contributed by atoms with E-state index < -0.39 is 11.6 Å². The predicted octanol–water partition coefficient (Wildman–Crippen LogP) is 2.91. The van der Waals surface area contributed by atoms with E-state index in [2.05, 4.69) is 0 Å². The molecule has 0 aromatic heterocycles. The molecule has 1 aromatic rings. The smallest absolute Gasteiger partial charge is 0.410 e. The van der Waals surface area contributed by atoms with Gasteiger partial charge in [0.1, 0.15) is 18.0 Å². The van der Waals surface area contributed by atoms with Crippen LogP contribution in [0.2, 0.25) is 0 Å². The highest BCUT2D eigenvalue weighted by Gasteiger charge is 2.26. The lowest BCUT2D eigenvalue weighted by molar-refractivity contribution is 0.0225. The summed E-state index contributed by atoms with van der Waals surface area (Å²) in [5.74, 6) is 0.198. The number of hydrogen-bond acceptors (Lipinski definition) is 5. The van der Waals surface area contributed by atoms with Crippen LogP contribution in [0.3, 0.4) is 0 Å². The number of carbonyl (C=O) groups excluding carboxylic acids is 2. The van der Waals surface area contributed by atoms with Crippen LogP contribution in [0.1, 0.15) is 42.3 Å². The molecule has 1 amide bonds. The summed E-state index contributed by atoms with van der Waals surface area (Å²) < 4.78 is 15.9. The average Bonchev–Trinajstić information content (AvgIpc) is 2.67. The van der Waals surface area contributed by atoms with Gasteiger partial charge in [-0.05, 0) is 45.4 Å². The van der Waals surface area contributed by atoms with Crippen LogP contribution >= 0.6 is 0 Å². The summed E-state index contributed by atoms with van der Waals surface area (Å²) in [7, 11) is 1.34. The number of amides is 1. The van der Waals surface area contributed by atoms with E-state index in [-0.39, 0.29) is 6.09 Å². The van der Waals surface area contributed by atoms with Crippen LogP contribution in [0.5, 0.6) is 5.75 Å². The topological polar surface area (TPSA) is 65.1 Å². The minimum atomic E-state index is -0.545. The first-order valence-corrected chi connectivity index (χ1v) is 7.54. The third-order valence-electron chi connectivity index (χ3n) is 3.47. The van der Waals surface area contributed by atoms with Gasteiger partial charge in [0, 0.05) is 5.56 Å². The summed E-state index contributed by atoms with van der Waals surface area (Å²) in [6, 6.07) is 3.40. The summed E-state index contributed by atoms with van der Waals surface area (Å²) in [5.41, 5.74) is 1.64. The van der Waals surface area contributed by atoms with E-state index in [1.54, 1.807) is 17.0 Å². The number of nitrogens with zero attached hydrogens (tertiary/aromatic N) is 1. The van der Waals surface area contributed by atoms with Gasteiger partial charge in [0.25, 0.3) is 0 Å². The average molecular weight is 321 g/mol. The van der Waals surface area contributed by atoms with Gasteiger partial charge in [-0.15, -0.1) is 0 Å². The predicted molar refractivity (Wildman–Crippen MR) is 84.7 cm³/mol. The molecule has 0 radical (unpaired) electrons. The molecule has 0 spiro atoms. The van der Waals surface area contributed by atoms with Gasteiger partial charge in [-0.25, -0.2) is 9.59 Å². The molecular weight excluding hydrogens is 298 g/mol. The Morgan fingerprint density at radius 2 is 1.96 bits per heavy atom. The monoisotopic (exact) mass is 321 g/mol. The van der Waals surface area contributed by atoms with Crippen LogP contribution in [-0.4, -0.2) is 42.8 Å². The van der Waals surface area contributed by atoms with Crippen molar-refractivity contribution in [1.29, 1.82) is 0 Å². The van der Waals surface area contributed by atoms with E-state index in [9.17, 15) is 9.59 Å². The molecule has 0 atom stereocenters. The summed E-state index contributed by atoms with van der Waals surface area (Å²) in [5, 5.41) is 0. The molecule has 0 unspecified atom stereocenters. The van der Waals surface area contributed by atoms with Gasteiger partial charge in [0.2, 0.25) is 0 Å². The fraction of sp³-hybridized carbons (Fsp3) is 0.529. The summed E-state index contributed by atoms with van der Waals surface area (Å²) >= 11 is 0. The number of hydrogen-bond donors (Lipinski definition) is 0. The Balaban J connectivity index is 2.27. The Morgan fingerprint density at radius 3 is 2.57 bits per heavy atom. The van der Waals surface area contributed by atoms with Crippen LogP contribution in [0.25, 0.3) is 0 Å². The largest absolute Gasteiger partial charge is 0.491 e. The highest BCUT2D eigenvalue weighted by atomic mass is 16.6. The second-order valence-corrected chi connectivity index (χ2v) is 6.51. The Bertz CT molecular complexity index is 618. The summed E-state index contributed by atoms with van der Waals surface area (Å²) in [6.45, 7) is 8.54. The molecule has 0 aliphatic carbocycles. The maximum atomic E-state index is 12.3. The Kier molecular flexibility index (Phi) is 4.82. The van der Waals surface area contributed by atoms with Crippen molar-refractivity contribution >= 4 is 12.1 Å². The molecule has 0 bridgehead atoms. The number of carbonyl (C=O) groups is 2. The second kappa shape index (κ2) is 6.48. The van der Waals surface area contributed by atoms with Gasteiger partial charge in [0.05, 0.1) is 25.8 Å². The van der Waals surface area contributed by atoms with Gasteiger partial charge < -0.3 is 19.1 Å². The van der Waals surface area contributed by atoms with E-state index in [0.717, 1.165) is 11.1 Å². The number of methoxy groups -OCH3 is 1. The van der Waals surface area contributed by atoms with E-state index in [0.29, 0.717) is 31.0 Å². The van der Waals surface area contributed by atoms with Crippen molar-refractivity contribution < 1.29 is 23.8 Å². The van der Waals surface area contributed by atoms with Crippen molar-refractivity contribution in [3.05, 3.63) is 28.8 Å². The molecule has 1 aromatic carbocycles. The second-order valence-electron chi connectivity index (χ2n) is 6.51. The Hall–Kier alpha value is -2.24. The number of benzene rings is 1. The van der Waals surface area contributed by atoms with E-state index >= 15 is 0 Å². The number of ether oxygens (including phenoxy) is 3. The quantitative estimate of drug-likeness (QED) is 0.744. The fourth-order valence-corrected chi connectivity index (χ4v) is 2.37. The SMILES string of the molecule is COC(=O)c1cc(C)c2c(c1)OCCN(C(=O)OC(C)(C)C)C2. The van der Waals surface area contributed by atoms with Gasteiger partial charge in [-0.2, -0.15) is 0 Å². The molecular formula is C17H23NO5. The van der Waals surface area contributed by atoms with Gasteiger partial charge in [-0.3, -0.25) is 0 Å². The minimum absolute atomic E-state index is 0.344. The van der Waals surface area contributed by atoms with Gasteiger partial charge >= 0.3 is 12.1 Å². The zero-order valence-electron chi connectivity index (χ0n) is 14.3. The number of fused-ring (bicyclic) bond motifs is 1. The van der Waals surface area contributed by atoms with Crippen molar-refractivity contribution in [3.63, 3.8) is 0 Å². The zero-order chi connectivity index (χ0) is 17.2. The van der Waals surface area contributed by atoms with E-state index in [4.69, 9.17) is 14.2 Å². The normalized spacial score (nSPS) is 14.4. The molecule has 1 heterocycles. The Morgan fingerprint density at radius 1 is 1.26 bits per heavy atom. The maximum absolute atomic E-state index is 12.3. The number of rotatable bonds is 1. The summed E-state index contributed by atoms with van der Waals surface area (Å²) in [4.78, 5) is 25.6. The molecule has 0 saturated carbocycles. The van der Waals surface area contributed by atoms with Gasteiger partial charge in [0.15, 0.2) is 0 Å². The molecule has 2 rings (SSSR count). The lowest BCUT2D eigenvalue weighted by Crippen LogP contribution is -2.37. The zero-order valence-corrected chi connectivity index (χ0v) is 14.3. The highest BCUT2D eigenvalue weighted by molar-refractivity contribution is 5.90. The number of esters is 1. The molecule has 0 fully saturated rings. The molecule has 1 aliphatic heterocycles. The lowest BCUT2D eigenvalue weighted by atomic mass is 10.0. The molecule has 1 aliphatic rings. The lowest BCUT2D eigenvalue weighted by Gasteiger charge is -2.26. The van der Waals surface area contributed by atoms with Crippen molar-refractivity contribution in [1.82, 2.24) is 4.90 Å². The first-order valence-electron chi connectivity index (χ1n) is 7.54. The highest BCUT2D eigenvalue weighted by Crippen LogP contribution is 2.29. The van der Waals surface area contributed by atoms with E-state index in [1.807, 2.05) is 27.7 Å². The standard InChI is InChI=1S/C17H23NO5/c1-11-8-12(15(19)21-5)9-14-13(11)10-18(6-7-22-14)16(20)23-17(2,3)4/h8-9H,6-7,10H2,1-5H3. The van der Waals surface area contributed by atoms with Crippen LogP contribution in [-0.2, 0) is 16.0 Å². The van der Waals surface area contributed by atoms with Crippen LogP contribution in [0.15, 0.2) is 12.1 Å². The third-order valence-corrected chi connectivity index (χ3v) is 3.47. The van der Waals surface area contributed by atoms with E-state index in [1.165, 1.54) is 7.11 Å². The molecule has 6 nitrogen and oxygen atoms in total. The van der Waals surface area contributed by atoms with Crippen molar-refractivity contribution in [2.45, 2.75) is 39.8 Å². The molecule has 0 N–H and O–H groups in total. The first kappa shape index (κ1) is 17.1. The van der Waals surface area contributed by atoms with Gasteiger partial charge in [-0.1, -0.05) is 0 Å².